The molecule has 2 aliphatic rings. The van der Waals surface area contributed by atoms with Crippen LogP contribution in [0.2, 0.25) is 0 Å². The van der Waals surface area contributed by atoms with Gasteiger partial charge in [-0.25, -0.2) is 0 Å². The van der Waals surface area contributed by atoms with Crippen LogP contribution in [0.25, 0.3) is 0 Å². The summed E-state index contributed by atoms with van der Waals surface area (Å²) in [6.45, 7) is 3.22. The minimum absolute atomic E-state index is 0.744. The SMILES string of the molecule is CCC1CCC(CN)C(N(C)C2CCSC2)C1. The molecule has 1 aliphatic heterocycles. The first-order valence-electron chi connectivity index (χ1n) is 7.26. The molecule has 17 heavy (non-hydrogen) atoms. The Morgan fingerprint density at radius 2 is 2.12 bits per heavy atom. The van der Waals surface area contributed by atoms with Crippen LogP contribution in [-0.2, 0) is 0 Å². The van der Waals surface area contributed by atoms with Gasteiger partial charge in [0.15, 0.2) is 0 Å². The minimum atomic E-state index is 0.744. The van der Waals surface area contributed by atoms with E-state index in [1.165, 1.54) is 43.6 Å². The summed E-state index contributed by atoms with van der Waals surface area (Å²) in [4.78, 5) is 2.68. The summed E-state index contributed by atoms with van der Waals surface area (Å²) in [5.41, 5.74) is 5.99. The first-order valence-corrected chi connectivity index (χ1v) is 8.41. The van der Waals surface area contributed by atoms with Gasteiger partial charge >= 0.3 is 0 Å². The van der Waals surface area contributed by atoms with Gasteiger partial charge in [-0.1, -0.05) is 19.8 Å². The summed E-state index contributed by atoms with van der Waals surface area (Å²) in [5.74, 6) is 4.38. The largest absolute Gasteiger partial charge is 0.330 e. The van der Waals surface area contributed by atoms with Gasteiger partial charge in [0.1, 0.15) is 0 Å². The van der Waals surface area contributed by atoms with Crippen molar-refractivity contribution in [2.45, 2.75) is 51.1 Å². The van der Waals surface area contributed by atoms with Gasteiger partial charge in [-0.05, 0) is 50.4 Å². The van der Waals surface area contributed by atoms with E-state index in [2.05, 4.69) is 30.6 Å². The van der Waals surface area contributed by atoms with Crippen LogP contribution >= 0.6 is 11.8 Å². The molecule has 0 bridgehead atoms. The van der Waals surface area contributed by atoms with Crippen LogP contribution < -0.4 is 5.73 Å². The molecule has 2 N–H and O–H groups in total. The highest BCUT2D eigenvalue weighted by molar-refractivity contribution is 7.99. The fourth-order valence-electron chi connectivity index (χ4n) is 3.55. The second-order valence-electron chi connectivity index (χ2n) is 5.83. The van der Waals surface area contributed by atoms with Crippen molar-refractivity contribution in [2.24, 2.45) is 17.6 Å². The number of nitrogens with two attached hydrogens (primary N) is 1. The first kappa shape index (κ1) is 13.7. The van der Waals surface area contributed by atoms with Gasteiger partial charge < -0.3 is 5.73 Å². The molecule has 1 saturated heterocycles. The maximum Gasteiger partial charge on any atom is 0.0194 e. The van der Waals surface area contributed by atoms with E-state index in [9.17, 15) is 0 Å². The van der Waals surface area contributed by atoms with E-state index >= 15 is 0 Å². The third kappa shape index (κ3) is 3.18. The van der Waals surface area contributed by atoms with Gasteiger partial charge in [-0.15, -0.1) is 0 Å². The molecule has 3 heteroatoms. The van der Waals surface area contributed by atoms with Crippen molar-refractivity contribution in [1.29, 1.82) is 0 Å². The summed E-state index contributed by atoms with van der Waals surface area (Å²) in [6.07, 6.45) is 6.87. The summed E-state index contributed by atoms with van der Waals surface area (Å²) in [6, 6.07) is 1.57. The Labute approximate surface area is 111 Å². The van der Waals surface area contributed by atoms with Crippen molar-refractivity contribution >= 4 is 11.8 Å². The molecule has 1 heterocycles. The van der Waals surface area contributed by atoms with Crippen molar-refractivity contribution < 1.29 is 0 Å². The topological polar surface area (TPSA) is 29.3 Å². The molecule has 1 aliphatic carbocycles. The molecule has 2 fully saturated rings. The van der Waals surface area contributed by atoms with Crippen LogP contribution in [0.5, 0.6) is 0 Å². The highest BCUT2D eigenvalue weighted by Crippen LogP contribution is 2.35. The first-order chi connectivity index (χ1) is 8.26. The molecule has 4 unspecified atom stereocenters. The van der Waals surface area contributed by atoms with E-state index in [1.54, 1.807) is 0 Å². The van der Waals surface area contributed by atoms with E-state index in [1.807, 2.05) is 0 Å². The molecule has 0 radical (unpaired) electrons. The number of hydrogen-bond donors (Lipinski definition) is 1. The number of nitrogens with zero attached hydrogens (tertiary/aromatic N) is 1. The standard InChI is InChI=1S/C14H28N2S/c1-3-11-4-5-12(9-15)14(8-11)16(2)13-6-7-17-10-13/h11-14H,3-10,15H2,1-2H3. The fraction of sp³-hybridized carbons (Fsp3) is 1.00. The smallest absolute Gasteiger partial charge is 0.0194 e. The third-order valence-electron chi connectivity index (χ3n) is 4.95. The average Bonchev–Trinajstić information content (AvgIpc) is 2.91. The number of thioether (sulfide) groups is 1. The minimum Gasteiger partial charge on any atom is -0.330 e. The van der Waals surface area contributed by atoms with Gasteiger partial charge in [0.25, 0.3) is 0 Å². The second kappa shape index (κ2) is 6.44. The van der Waals surface area contributed by atoms with Crippen LogP contribution in [0.15, 0.2) is 0 Å². The van der Waals surface area contributed by atoms with Crippen LogP contribution in [-0.4, -0.2) is 42.1 Å². The zero-order valence-electron chi connectivity index (χ0n) is 11.4. The lowest BCUT2D eigenvalue weighted by molar-refractivity contribution is 0.0761. The average molecular weight is 256 g/mol. The number of hydrogen-bond acceptors (Lipinski definition) is 3. The summed E-state index contributed by atoms with van der Waals surface area (Å²) in [5, 5.41) is 0. The van der Waals surface area contributed by atoms with Crippen LogP contribution in [0, 0.1) is 11.8 Å². The highest BCUT2D eigenvalue weighted by Gasteiger charge is 2.35. The van der Waals surface area contributed by atoms with Gasteiger partial charge in [-0.2, -0.15) is 11.8 Å². The van der Waals surface area contributed by atoms with Crippen molar-refractivity contribution in [1.82, 2.24) is 4.90 Å². The van der Waals surface area contributed by atoms with Crippen LogP contribution in [0.4, 0.5) is 0 Å². The van der Waals surface area contributed by atoms with Crippen LogP contribution in [0.1, 0.15) is 39.0 Å². The monoisotopic (exact) mass is 256 g/mol. The molecule has 0 spiro atoms. The zero-order chi connectivity index (χ0) is 12.3. The van der Waals surface area contributed by atoms with E-state index in [4.69, 9.17) is 5.73 Å². The molecular formula is C14H28N2S. The highest BCUT2D eigenvalue weighted by atomic mass is 32.2. The van der Waals surface area contributed by atoms with E-state index in [-0.39, 0.29) is 0 Å². The van der Waals surface area contributed by atoms with E-state index in [0.717, 1.165) is 30.5 Å². The normalized spacial score (nSPS) is 38.8. The zero-order valence-corrected chi connectivity index (χ0v) is 12.2. The second-order valence-corrected chi connectivity index (χ2v) is 6.98. The van der Waals surface area contributed by atoms with Crippen molar-refractivity contribution in [2.75, 3.05) is 25.1 Å². The molecule has 0 aromatic carbocycles. The van der Waals surface area contributed by atoms with Crippen LogP contribution in [0.3, 0.4) is 0 Å². The molecule has 4 atom stereocenters. The lowest BCUT2D eigenvalue weighted by Crippen LogP contribution is -2.49. The Morgan fingerprint density at radius 3 is 2.71 bits per heavy atom. The van der Waals surface area contributed by atoms with E-state index < -0.39 is 0 Å². The molecule has 100 valence electrons. The summed E-state index contributed by atoms with van der Waals surface area (Å²) >= 11 is 2.12. The third-order valence-corrected chi connectivity index (χ3v) is 6.09. The lowest BCUT2D eigenvalue weighted by atomic mass is 9.76. The molecule has 0 amide bonds. The summed E-state index contributed by atoms with van der Waals surface area (Å²) < 4.78 is 0. The van der Waals surface area contributed by atoms with Crippen molar-refractivity contribution in [3.05, 3.63) is 0 Å². The summed E-state index contributed by atoms with van der Waals surface area (Å²) in [7, 11) is 2.35. The van der Waals surface area contributed by atoms with Crippen molar-refractivity contribution in [3.63, 3.8) is 0 Å². The molecule has 0 aromatic rings. The molecule has 2 rings (SSSR count). The molecular weight excluding hydrogens is 228 g/mol. The quantitative estimate of drug-likeness (QED) is 0.838. The Hall–Kier alpha value is 0.270. The predicted octanol–water partition coefficient (Wildman–Crippen LogP) is 2.58. The molecule has 2 nitrogen and oxygen atoms in total. The number of rotatable bonds is 4. The maximum atomic E-state index is 5.99. The van der Waals surface area contributed by atoms with Crippen molar-refractivity contribution in [3.8, 4) is 0 Å². The Morgan fingerprint density at radius 1 is 1.29 bits per heavy atom. The Balaban J connectivity index is 1.98. The van der Waals surface area contributed by atoms with Gasteiger partial charge in [0.2, 0.25) is 0 Å². The van der Waals surface area contributed by atoms with Gasteiger partial charge in [-0.3, -0.25) is 4.90 Å². The van der Waals surface area contributed by atoms with E-state index in [0.29, 0.717) is 0 Å². The Kier molecular flexibility index (Phi) is 5.19. The lowest BCUT2D eigenvalue weighted by Gasteiger charge is -2.43. The fourth-order valence-corrected chi connectivity index (χ4v) is 4.83. The molecule has 0 aromatic heterocycles. The van der Waals surface area contributed by atoms with Gasteiger partial charge in [0, 0.05) is 17.8 Å². The predicted molar refractivity (Wildman–Crippen MR) is 77.5 cm³/mol. The molecule has 1 saturated carbocycles. The Bertz CT molecular complexity index is 228. The maximum absolute atomic E-state index is 5.99. The van der Waals surface area contributed by atoms with Gasteiger partial charge in [0.05, 0.1) is 0 Å².